The molecule has 1 aliphatic heterocycles. The quantitative estimate of drug-likeness (QED) is 0.414. The minimum atomic E-state index is -3.64. The van der Waals surface area contributed by atoms with Crippen molar-refractivity contribution in [1.29, 1.82) is 0 Å². The van der Waals surface area contributed by atoms with E-state index in [2.05, 4.69) is 9.97 Å². The molecule has 3 aromatic rings. The minimum Gasteiger partial charge on any atom is -0.497 e. The maximum absolute atomic E-state index is 13.1. The molecule has 10 nitrogen and oxygen atoms in total. The molecule has 1 aromatic heterocycles. The van der Waals surface area contributed by atoms with Gasteiger partial charge in [0.15, 0.2) is 0 Å². The number of carbonyl (C=O) groups is 1. The Morgan fingerprint density at radius 3 is 2.27 bits per heavy atom. The van der Waals surface area contributed by atoms with Crippen LogP contribution in [0.15, 0.2) is 65.8 Å². The second kappa shape index (κ2) is 9.53. The third-order valence-electron chi connectivity index (χ3n) is 5.42. The summed E-state index contributed by atoms with van der Waals surface area (Å²) in [6, 6.07) is 14.4. The van der Waals surface area contributed by atoms with Crippen molar-refractivity contribution in [2.24, 2.45) is 0 Å². The van der Waals surface area contributed by atoms with Gasteiger partial charge in [-0.3, -0.25) is 10.0 Å². The molecule has 1 fully saturated rings. The summed E-state index contributed by atoms with van der Waals surface area (Å²) < 4.78 is 32.9. The number of rotatable bonds is 6. The zero-order valence-corrected chi connectivity index (χ0v) is 18.7. The summed E-state index contributed by atoms with van der Waals surface area (Å²) in [7, 11) is -2.04. The van der Waals surface area contributed by atoms with Crippen LogP contribution in [0.25, 0.3) is 11.1 Å². The molecule has 1 saturated heterocycles. The Balaban J connectivity index is 1.43. The molecule has 0 radical (unpaired) electrons. The smallest absolute Gasteiger partial charge is 0.277 e. The van der Waals surface area contributed by atoms with Gasteiger partial charge in [0.1, 0.15) is 5.75 Å². The van der Waals surface area contributed by atoms with Crippen molar-refractivity contribution in [2.75, 3.05) is 38.2 Å². The number of amides is 1. The van der Waals surface area contributed by atoms with E-state index in [4.69, 9.17) is 9.94 Å². The Bertz CT molecular complexity index is 1220. The fraction of sp³-hybridized carbons (Fsp3) is 0.227. The second-order valence-corrected chi connectivity index (χ2v) is 9.30. The molecule has 33 heavy (non-hydrogen) atoms. The summed E-state index contributed by atoms with van der Waals surface area (Å²) in [6.45, 7) is 1.38. The van der Waals surface area contributed by atoms with Crippen molar-refractivity contribution < 1.29 is 23.2 Å². The predicted octanol–water partition coefficient (Wildman–Crippen LogP) is 1.78. The summed E-state index contributed by atoms with van der Waals surface area (Å²) in [4.78, 5) is 21.7. The minimum absolute atomic E-state index is 0.125. The van der Waals surface area contributed by atoms with E-state index in [9.17, 15) is 13.2 Å². The number of nitrogens with one attached hydrogen (secondary N) is 1. The summed E-state index contributed by atoms with van der Waals surface area (Å²) in [5.41, 5.74) is 3.49. The van der Waals surface area contributed by atoms with Gasteiger partial charge in [-0.05, 0) is 35.4 Å². The van der Waals surface area contributed by atoms with Gasteiger partial charge in [-0.1, -0.05) is 24.3 Å². The van der Waals surface area contributed by atoms with Crippen LogP contribution in [0.5, 0.6) is 5.75 Å². The van der Waals surface area contributed by atoms with Crippen molar-refractivity contribution in [3.05, 3.63) is 66.5 Å². The zero-order valence-electron chi connectivity index (χ0n) is 17.9. The van der Waals surface area contributed by atoms with Gasteiger partial charge in [0.05, 0.1) is 17.6 Å². The van der Waals surface area contributed by atoms with E-state index in [1.807, 2.05) is 29.2 Å². The number of nitrogens with zero attached hydrogens (tertiary/aromatic N) is 4. The molecular weight excluding hydrogens is 446 g/mol. The van der Waals surface area contributed by atoms with Crippen LogP contribution in [0.1, 0.15) is 10.4 Å². The maximum atomic E-state index is 13.1. The highest BCUT2D eigenvalue weighted by Crippen LogP contribution is 2.26. The number of carbonyl (C=O) groups excluding carboxylic acids is 1. The molecule has 0 saturated carbocycles. The maximum Gasteiger partial charge on any atom is 0.277 e. The van der Waals surface area contributed by atoms with Crippen LogP contribution in [0.4, 0.5) is 5.95 Å². The molecule has 2 aromatic carbocycles. The molecule has 4 rings (SSSR count). The standard InChI is InChI=1S/C22H23N5O5S/c1-32-19-4-2-3-17(13-19)16-5-7-20(8-6-16)33(30,31)27-11-9-26(10-12-27)22-23-14-18(15-24-22)21(28)25-29/h2-8,13-15,29H,9-12H2,1H3,(H,25,28). The molecule has 0 bridgehead atoms. The summed E-state index contributed by atoms with van der Waals surface area (Å²) >= 11 is 0. The average Bonchev–Trinajstić information content (AvgIpc) is 2.88. The van der Waals surface area contributed by atoms with Crippen molar-refractivity contribution in [3.63, 3.8) is 0 Å². The number of sulfonamides is 1. The first-order chi connectivity index (χ1) is 15.9. The summed E-state index contributed by atoms with van der Waals surface area (Å²) in [5, 5.41) is 8.67. The first-order valence-corrected chi connectivity index (χ1v) is 11.6. The highest BCUT2D eigenvalue weighted by atomic mass is 32.2. The van der Waals surface area contributed by atoms with Crippen LogP contribution in [0.2, 0.25) is 0 Å². The van der Waals surface area contributed by atoms with Gasteiger partial charge in [-0.2, -0.15) is 4.31 Å². The largest absolute Gasteiger partial charge is 0.497 e. The van der Waals surface area contributed by atoms with Gasteiger partial charge in [0.25, 0.3) is 5.91 Å². The summed E-state index contributed by atoms with van der Waals surface area (Å²) in [5.74, 6) is 0.427. The number of anilines is 1. The zero-order chi connectivity index (χ0) is 23.4. The first kappa shape index (κ1) is 22.6. The lowest BCUT2D eigenvalue weighted by Gasteiger charge is -2.34. The molecule has 11 heteroatoms. The fourth-order valence-corrected chi connectivity index (χ4v) is 4.99. The molecule has 0 spiro atoms. The number of hydrogen-bond acceptors (Lipinski definition) is 8. The van der Waals surface area contributed by atoms with Gasteiger partial charge in [0, 0.05) is 38.6 Å². The number of benzene rings is 2. The highest BCUT2D eigenvalue weighted by molar-refractivity contribution is 7.89. The van der Waals surface area contributed by atoms with Crippen LogP contribution in [-0.4, -0.2) is 67.1 Å². The SMILES string of the molecule is COc1cccc(-c2ccc(S(=O)(=O)N3CCN(c4ncc(C(=O)NO)cn4)CC3)cc2)c1. The Kier molecular flexibility index (Phi) is 6.54. The molecule has 0 aliphatic carbocycles. The number of methoxy groups -OCH3 is 1. The summed E-state index contributed by atoms with van der Waals surface area (Å²) in [6.07, 6.45) is 2.61. The van der Waals surface area contributed by atoms with E-state index < -0.39 is 15.9 Å². The Morgan fingerprint density at radius 1 is 1.00 bits per heavy atom. The van der Waals surface area contributed by atoms with Gasteiger partial charge >= 0.3 is 0 Å². The number of ether oxygens (including phenoxy) is 1. The van der Waals surface area contributed by atoms with E-state index in [0.29, 0.717) is 19.0 Å². The molecule has 172 valence electrons. The monoisotopic (exact) mass is 469 g/mol. The van der Waals surface area contributed by atoms with E-state index >= 15 is 0 Å². The predicted molar refractivity (Wildman–Crippen MR) is 121 cm³/mol. The van der Waals surface area contributed by atoms with Crippen LogP contribution in [-0.2, 0) is 10.0 Å². The molecule has 2 heterocycles. The second-order valence-electron chi connectivity index (χ2n) is 7.36. The van der Waals surface area contributed by atoms with Crippen molar-refractivity contribution >= 4 is 21.9 Å². The highest BCUT2D eigenvalue weighted by Gasteiger charge is 2.29. The van der Waals surface area contributed by atoms with E-state index in [1.165, 1.54) is 22.2 Å². The number of piperazine rings is 1. The van der Waals surface area contributed by atoms with Gasteiger partial charge in [0.2, 0.25) is 16.0 Å². The molecule has 0 unspecified atom stereocenters. The molecule has 1 aliphatic rings. The topological polar surface area (TPSA) is 125 Å². The molecule has 1 amide bonds. The van der Waals surface area contributed by atoms with E-state index in [-0.39, 0.29) is 23.5 Å². The Labute approximate surface area is 191 Å². The Morgan fingerprint density at radius 2 is 1.67 bits per heavy atom. The molecule has 0 atom stereocenters. The first-order valence-electron chi connectivity index (χ1n) is 10.2. The molecule has 2 N–H and O–H groups in total. The van der Waals surface area contributed by atoms with Crippen LogP contribution >= 0.6 is 0 Å². The lowest BCUT2D eigenvalue weighted by atomic mass is 10.1. The average molecular weight is 470 g/mol. The lowest BCUT2D eigenvalue weighted by Crippen LogP contribution is -2.49. The molecular formula is C22H23N5O5S. The van der Waals surface area contributed by atoms with Crippen LogP contribution in [0, 0.1) is 0 Å². The van der Waals surface area contributed by atoms with Crippen molar-refractivity contribution in [1.82, 2.24) is 19.8 Å². The van der Waals surface area contributed by atoms with Crippen LogP contribution < -0.4 is 15.1 Å². The lowest BCUT2D eigenvalue weighted by molar-refractivity contribution is 0.0705. The van der Waals surface area contributed by atoms with Crippen molar-refractivity contribution in [2.45, 2.75) is 4.90 Å². The normalized spacial score (nSPS) is 14.7. The third kappa shape index (κ3) is 4.80. The van der Waals surface area contributed by atoms with Crippen molar-refractivity contribution in [3.8, 4) is 16.9 Å². The van der Waals surface area contributed by atoms with E-state index in [1.54, 1.807) is 31.4 Å². The van der Waals surface area contributed by atoms with Gasteiger partial charge in [-0.25, -0.2) is 23.9 Å². The number of hydrogen-bond donors (Lipinski definition) is 2. The fourth-order valence-electron chi connectivity index (χ4n) is 3.57. The third-order valence-corrected chi connectivity index (χ3v) is 7.33. The Hall–Kier alpha value is -3.54. The van der Waals surface area contributed by atoms with Gasteiger partial charge < -0.3 is 9.64 Å². The van der Waals surface area contributed by atoms with Crippen LogP contribution in [0.3, 0.4) is 0 Å². The number of aromatic nitrogens is 2. The van der Waals surface area contributed by atoms with E-state index in [0.717, 1.165) is 16.9 Å². The van der Waals surface area contributed by atoms with Gasteiger partial charge in [-0.15, -0.1) is 0 Å². The number of hydroxylamine groups is 1.